The number of carboxylic acids is 2. The van der Waals surface area contributed by atoms with Crippen LogP contribution in [0.15, 0.2) is 57.5 Å². The van der Waals surface area contributed by atoms with E-state index in [-0.39, 0.29) is 0 Å². The molecule has 5 saturated heterocycles. The Kier molecular flexibility index (Phi) is 24.0. The number of nitrogens with zero attached hydrogens (tertiary/aromatic N) is 2. The molecule has 16 heteroatoms. The quantitative estimate of drug-likeness (QED) is 0.162. The Morgan fingerprint density at radius 2 is 0.824 bits per heavy atom. The Morgan fingerprint density at radius 1 is 0.471 bits per heavy atom. The van der Waals surface area contributed by atoms with E-state index in [1.807, 2.05) is 48.5 Å². The first-order valence-corrected chi connectivity index (χ1v) is 26.6. The summed E-state index contributed by atoms with van der Waals surface area (Å²) in [6, 6.07) is 16.3. The minimum absolute atomic E-state index is 0.330. The Bertz CT molecular complexity index is 1840. The molecule has 0 spiro atoms. The zero-order chi connectivity index (χ0) is 49.8. The molecule has 382 valence electrons. The van der Waals surface area contributed by atoms with Gasteiger partial charge in [-0.3, -0.25) is 9.59 Å². The fraction of sp³-hybridized carbons (Fsp3) is 0.692. The number of alkyl halides is 6. The predicted octanol–water partition coefficient (Wildman–Crippen LogP) is 11.6. The van der Waals surface area contributed by atoms with Crippen molar-refractivity contribution in [3.63, 3.8) is 0 Å². The van der Waals surface area contributed by atoms with E-state index in [4.69, 9.17) is 19.8 Å². The van der Waals surface area contributed by atoms with Gasteiger partial charge in [-0.2, -0.15) is 26.3 Å². The number of carboxylic acid groups (broad SMARTS) is 2. The molecule has 0 radical (unpaired) electrons. The highest BCUT2D eigenvalue weighted by Crippen LogP contribution is 2.44. The molecular formula is C52H72Br2F6N2O6. The number of rotatable bonds is 6. The van der Waals surface area contributed by atoms with Crippen LogP contribution >= 0.6 is 31.9 Å². The van der Waals surface area contributed by atoms with Gasteiger partial charge in [-0.25, -0.2) is 0 Å². The molecule has 5 fully saturated rings. The second-order valence-electron chi connectivity index (χ2n) is 20.2. The molecule has 0 aromatic heterocycles. The monoisotopic (exact) mass is 1090 g/mol. The van der Waals surface area contributed by atoms with E-state index in [0.717, 1.165) is 48.7 Å². The third kappa shape index (κ3) is 20.1. The lowest BCUT2D eigenvalue weighted by molar-refractivity contribution is -0.937. The number of carbonyl (C=O) groups excluding carboxylic acids is 4. The highest BCUT2D eigenvalue weighted by molar-refractivity contribution is 9.10. The van der Waals surface area contributed by atoms with Gasteiger partial charge in [-0.15, -0.1) is 0 Å². The van der Waals surface area contributed by atoms with E-state index in [2.05, 4.69) is 31.9 Å². The van der Waals surface area contributed by atoms with Crippen LogP contribution in [0.2, 0.25) is 0 Å². The lowest BCUT2D eigenvalue weighted by Crippen LogP contribution is -2.63. The number of halogens is 8. The molecule has 0 N–H and O–H groups in total. The summed E-state index contributed by atoms with van der Waals surface area (Å²) in [4.78, 5) is 45.9. The molecule has 5 aliphatic rings. The van der Waals surface area contributed by atoms with Crippen LogP contribution in [-0.4, -0.2) is 97.2 Å². The van der Waals surface area contributed by atoms with E-state index in [1.165, 1.54) is 161 Å². The van der Waals surface area contributed by atoms with Crippen molar-refractivity contribution in [3.8, 4) is 0 Å². The summed E-state index contributed by atoms with van der Waals surface area (Å²) in [7, 11) is 0. The van der Waals surface area contributed by atoms with Crippen LogP contribution in [0.3, 0.4) is 0 Å². The lowest BCUT2D eigenvalue weighted by Gasteiger charge is -2.53. The van der Waals surface area contributed by atoms with Crippen molar-refractivity contribution in [1.29, 1.82) is 0 Å². The fourth-order valence-corrected chi connectivity index (χ4v) is 12.1. The second-order valence-corrected chi connectivity index (χ2v) is 22.0. The maximum atomic E-state index is 14.3. The van der Waals surface area contributed by atoms with Crippen LogP contribution in [0.4, 0.5) is 26.3 Å². The SMILES string of the molecule is O=C(C[N+]12CCCCCCCCCC[C@H]3C[C@@H]4C[N+](CC(=O)c5ccc(Br)cc5)(CCCCCCCCCCCC[C@H](C1)[C@@H]4CC2)C3)c1ccc(Br)cc1.O=C([O-])C(F)(F)F.O=C([O-])C(F)(F)F. The molecule has 68 heavy (non-hydrogen) atoms. The standard InChI is InChI=1S/C48H72Br2N2O2.2C2HF3O2/c49-44-25-21-40(22-26-44)47(53)37-51-30-17-13-9-6-4-7-11-15-19-39-33-43-36-52(34-39,38-48(54)41-23-27-45(50)28-24-41)31-18-14-10-5-2-1-3-8-12-16-20-42(35-51)46(43)29-32-51;2*3-2(4,5)1(6)7/h21-28,39,42-43,46H,1-20,29-38H2;2*(H,6,7)/q+2;;/p-2/t39-,42+,43+,46-,51?,52?;;/m0../s1. The Morgan fingerprint density at radius 3 is 1.25 bits per heavy atom. The first kappa shape index (κ1) is 57.8. The van der Waals surface area contributed by atoms with Gasteiger partial charge in [0.1, 0.15) is 25.0 Å². The molecule has 5 aliphatic heterocycles. The summed E-state index contributed by atoms with van der Waals surface area (Å²) < 4.78 is 67.2. The Hall–Kier alpha value is -2.82. The topological polar surface area (TPSA) is 114 Å². The van der Waals surface area contributed by atoms with Gasteiger partial charge in [0.2, 0.25) is 11.6 Å². The van der Waals surface area contributed by atoms with Gasteiger partial charge in [0.15, 0.2) is 0 Å². The predicted molar refractivity (Wildman–Crippen MR) is 254 cm³/mol. The Labute approximate surface area is 416 Å². The number of ketones is 2. The number of aliphatic carboxylic acids is 2. The fourth-order valence-electron chi connectivity index (χ4n) is 11.6. The number of hydrogen-bond donors (Lipinski definition) is 0. The molecule has 8 nitrogen and oxygen atoms in total. The first-order valence-electron chi connectivity index (χ1n) is 25.0. The highest BCUT2D eigenvalue weighted by atomic mass is 79.9. The zero-order valence-electron chi connectivity index (χ0n) is 39.5. The average molecular weight is 1090 g/mol. The Balaban J connectivity index is 0.000000626. The number of benzene rings is 2. The number of carbonyl (C=O) groups is 4. The molecule has 2 aromatic carbocycles. The van der Waals surface area contributed by atoms with Crippen molar-refractivity contribution >= 4 is 55.4 Å². The molecule has 7 rings (SSSR count). The van der Waals surface area contributed by atoms with Gasteiger partial charge in [0, 0.05) is 44.2 Å². The molecule has 0 aliphatic carbocycles. The number of quaternary nitrogens is 2. The van der Waals surface area contributed by atoms with E-state index in [9.17, 15) is 35.9 Å². The first-order chi connectivity index (χ1) is 32.2. The van der Waals surface area contributed by atoms with Gasteiger partial charge in [-0.1, -0.05) is 146 Å². The van der Waals surface area contributed by atoms with E-state index < -0.39 is 24.3 Å². The maximum absolute atomic E-state index is 14.3. The summed E-state index contributed by atoms with van der Waals surface area (Å²) >= 11 is 7.19. The minimum Gasteiger partial charge on any atom is -0.542 e. The number of Topliss-reactive ketones (excluding diaryl/α,β-unsaturated/α-hetero) is 2. The zero-order valence-corrected chi connectivity index (χ0v) is 42.7. The lowest BCUT2D eigenvalue weighted by atomic mass is 9.68. The van der Waals surface area contributed by atoms with Crippen LogP contribution in [0.1, 0.15) is 162 Å². The third-order valence-electron chi connectivity index (χ3n) is 14.9. The van der Waals surface area contributed by atoms with Gasteiger partial charge >= 0.3 is 12.4 Å². The third-order valence-corrected chi connectivity index (χ3v) is 15.9. The molecule has 6 bridgehead atoms. The van der Waals surface area contributed by atoms with Gasteiger partial charge in [0.05, 0.1) is 39.3 Å². The summed E-state index contributed by atoms with van der Waals surface area (Å²) in [5, 5.41) is 17.6. The van der Waals surface area contributed by atoms with Crippen molar-refractivity contribution in [2.24, 2.45) is 23.7 Å². The molecule has 0 saturated carbocycles. The van der Waals surface area contributed by atoms with Crippen molar-refractivity contribution in [2.45, 2.75) is 154 Å². The smallest absolute Gasteiger partial charge is 0.430 e. The summed E-state index contributed by atoms with van der Waals surface area (Å²) in [5.41, 5.74) is 1.75. The molecule has 6 atom stereocenters. The molecule has 5 heterocycles. The number of fused-ring (bicyclic) bond motifs is 11. The normalized spacial score (nSPS) is 27.2. The summed E-state index contributed by atoms with van der Waals surface area (Å²) in [6.07, 6.45) is 19.0. The molecular weight excluding hydrogens is 1020 g/mol. The van der Waals surface area contributed by atoms with Crippen LogP contribution in [-0.2, 0) is 9.59 Å². The molecule has 2 aromatic rings. The van der Waals surface area contributed by atoms with Crippen molar-refractivity contribution in [1.82, 2.24) is 0 Å². The summed E-state index contributed by atoms with van der Waals surface area (Å²) in [6.45, 7) is 8.31. The largest absolute Gasteiger partial charge is 0.542 e. The van der Waals surface area contributed by atoms with Gasteiger partial charge < -0.3 is 28.8 Å². The van der Waals surface area contributed by atoms with Crippen LogP contribution in [0.5, 0.6) is 0 Å². The van der Waals surface area contributed by atoms with E-state index in [0.29, 0.717) is 48.3 Å². The van der Waals surface area contributed by atoms with Crippen molar-refractivity contribution in [3.05, 3.63) is 68.6 Å². The molecule has 0 amide bonds. The minimum atomic E-state index is -5.19. The number of hydrogen-bond acceptors (Lipinski definition) is 6. The highest BCUT2D eigenvalue weighted by Gasteiger charge is 2.49. The van der Waals surface area contributed by atoms with E-state index in [1.54, 1.807) is 0 Å². The van der Waals surface area contributed by atoms with Gasteiger partial charge in [0.25, 0.3) is 0 Å². The number of piperidine rings is 2. The second kappa shape index (κ2) is 28.3. The van der Waals surface area contributed by atoms with Gasteiger partial charge in [-0.05, 0) is 75.1 Å². The van der Waals surface area contributed by atoms with Crippen LogP contribution < -0.4 is 10.2 Å². The maximum Gasteiger partial charge on any atom is 0.430 e. The van der Waals surface area contributed by atoms with E-state index >= 15 is 0 Å². The van der Waals surface area contributed by atoms with Crippen LogP contribution in [0.25, 0.3) is 0 Å². The van der Waals surface area contributed by atoms with Crippen molar-refractivity contribution < 1.29 is 64.7 Å². The summed E-state index contributed by atoms with van der Waals surface area (Å²) in [5.74, 6) is -2.60. The van der Waals surface area contributed by atoms with Crippen molar-refractivity contribution in [2.75, 3.05) is 52.4 Å². The average Bonchev–Trinajstić information content (AvgIpc) is 3.27. The van der Waals surface area contributed by atoms with Crippen LogP contribution in [0, 0.1) is 23.7 Å². The molecule has 2 unspecified atom stereocenters.